The van der Waals surface area contributed by atoms with E-state index in [1.54, 1.807) is 19.2 Å². The van der Waals surface area contributed by atoms with E-state index in [0.717, 1.165) is 16.5 Å². The van der Waals surface area contributed by atoms with Crippen LogP contribution in [0.1, 0.15) is 0 Å². The van der Waals surface area contributed by atoms with Crippen molar-refractivity contribution in [2.24, 2.45) is 0 Å². The van der Waals surface area contributed by atoms with Crippen molar-refractivity contribution in [2.45, 2.75) is 0 Å². The Labute approximate surface area is 94.9 Å². The van der Waals surface area contributed by atoms with Crippen LogP contribution in [-0.2, 0) is 0 Å². The molecular formula is C12H8O3S. The quantitative estimate of drug-likeness (QED) is 0.605. The number of methoxy groups -OCH3 is 1. The maximum atomic E-state index is 11.6. The molecule has 0 unspecified atom stereocenters. The van der Waals surface area contributed by atoms with Gasteiger partial charge in [-0.05, 0) is 29.6 Å². The minimum Gasteiger partial charge on any atom is -0.497 e. The average Bonchev–Trinajstić information content (AvgIpc) is 2.78. The first-order chi connectivity index (χ1) is 7.79. The summed E-state index contributed by atoms with van der Waals surface area (Å²) < 4.78 is 11.0. The molecule has 0 aliphatic carbocycles. The molecule has 0 atom stereocenters. The molecule has 2 heterocycles. The monoisotopic (exact) mass is 232 g/mol. The minimum atomic E-state index is -0.275. The van der Waals surface area contributed by atoms with Crippen LogP contribution in [0, 0.1) is 0 Å². The third kappa shape index (κ3) is 1.23. The van der Waals surface area contributed by atoms with Gasteiger partial charge in [0.2, 0.25) is 0 Å². The Morgan fingerprint density at radius 1 is 1.25 bits per heavy atom. The first kappa shape index (κ1) is 9.42. The summed E-state index contributed by atoms with van der Waals surface area (Å²) in [6, 6.07) is 7.35. The van der Waals surface area contributed by atoms with Gasteiger partial charge in [0, 0.05) is 10.8 Å². The molecule has 0 spiro atoms. The van der Waals surface area contributed by atoms with Gasteiger partial charge >= 0.3 is 5.63 Å². The molecule has 4 heteroatoms. The third-order valence-corrected chi connectivity index (χ3v) is 3.42. The van der Waals surface area contributed by atoms with Crippen molar-refractivity contribution in [3.8, 4) is 5.75 Å². The molecule has 0 saturated heterocycles. The lowest BCUT2D eigenvalue weighted by molar-refractivity contribution is 0.415. The summed E-state index contributed by atoms with van der Waals surface area (Å²) >= 11 is 1.40. The fourth-order valence-corrected chi connectivity index (χ4v) is 2.54. The van der Waals surface area contributed by atoms with E-state index in [1.165, 1.54) is 11.3 Å². The molecule has 3 nitrogen and oxygen atoms in total. The van der Waals surface area contributed by atoms with Crippen LogP contribution in [0.4, 0.5) is 0 Å². The SMILES string of the molecule is COc1ccc2oc(=O)c3sccc3c2c1. The molecule has 3 aromatic rings. The fraction of sp³-hybridized carbons (Fsp3) is 0.0833. The van der Waals surface area contributed by atoms with E-state index in [0.29, 0.717) is 10.3 Å². The maximum Gasteiger partial charge on any atom is 0.354 e. The van der Waals surface area contributed by atoms with Crippen molar-refractivity contribution < 1.29 is 9.15 Å². The summed E-state index contributed by atoms with van der Waals surface area (Å²) in [6.07, 6.45) is 0. The van der Waals surface area contributed by atoms with Gasteiger partial charge in [-0.1, -0.05) is 0 Å². The van der Waals surface area contributed by atoms with Gasteiger partial charge in [0.25, 0.3) is 0 Å². The summed E-state index contributed by atoms with van der Waals surface area (Å²) in [5.74, 6) is 0.758. The molecule has 0 saturated carbocycles. The lowest BCUT2D eigenvalue weighted by Gasteiger charge is -2.02. The highest BCUT2D eigenvalue weighted by molar-refractivity contribution is 7.17. The first-order valence-corrected chi connectivity index (χ1v) is 5.65. The van der Waals surface area contributed by atoms with Gasteiger partial charge in [-0.25, -0.2) is 4.79 Å². The van der Waals surface area contributed by atoms with E-state index < -0.39 is 0 Å². The molecular weight excluding hydrogens is 224 g/mol. The lowest BCUT2D eigenvalue weighted by Crippen LogP contribution is -1.96. The normalized spacial score (nSPS) is 11.1. The Kier molecular flexibility index (Phi) is 1.97. The van der Waals surface area contributed by atoms with Crippen LogP contribution in [0.15, 0.2) is 38.9 Å². The van der Waals surface area contributed by atoms with Crippen LogP contribution in [0.3, 0.4) is 0 Å². The number of fused-ring (bicyclic) bond motifs is 3. The Morgan fingerprint density at radius 2 is 2.12 bits per heavy atom. The molecule has 80 valence electrons. The molecule has 0 amide bonds. The highest BCUT2D eigenvalue weighted by atomic mass is 32.1. The number of rotatable bonds is 1. The van der Waals surface area contributed by atoms with Crippen LogP contribution >= 0.6 is 11.3 Å². The lowest BCUT2D eigenvalue weighted by atomic mass is 10.1. The largest absolute Gasteiger partial charge is 0.497 e. The first-order valence-electron chi connectivity index (χ1n) is 4.77. The summed E-state index contributed by atoms with van der Waals surface area (Å²) in [5.41, 5.74) is 0.319. The summed E-state index contributed by atoms with van der Waals surface area (Å²) in [7, 11) is 1.62. The average molecular weight is 232 g/mol. The molecule has 0 bridgehead atoms. The topological polar surface area (TPSA) is 39.4 Å². The number of hydrogen-bond donors (Lipinski definition) is 0. The second kappa shape index (κ2) is 3.35. The number of thiophene rings is 1. The molecule has 0 N–H and O–H groups in total. The van der Waals surface area contributed by atoms with Crippen molar-refractivity contribution in [1.82, 2.24) is 0 Å². The molecule has 3 rings (SSSR count). The van der Waals surface area contributed by atoms with Gasteiger partial charge < -0.3 is 9.15 Å². The van der Waals surface area contributed by atoms with Gasteiger partial charge in [-0.2, -0.15) is 0 Å². The van der Waals surface area contributed by atoms with Gasteiger partial charge in [0.1, 0.15) is 16.0 Å². The molecule has 2 aromatic heterocycles. The predicted octanol–water partition coefficient (Wildman–Crippen LogP) is 3.02. The fourth-order valence-electron chi connectivity index (χ4n) is 1.76. The Hall–Kier alpha value is -1.81. The standard InChI is InChI=1S/C12H8O3S/c1-14-7-2-3-10-9(6-7)8-4-5-16-11(8)12(13)15-10/h2-6H,1H3. The van der Waals surface area contributed by atoms with Gasteiger partial charge in [0.15, 0.2) is 0 Å². The van der Waals surface area contributed by atoms with E-state index in [-0.39, 0.29) is 5.63 Å². The highest BCUT2D eigenvalue weighted by Crippen LogP contribution is 2.28. The Morgan fingerprint density at radius 3 is 2.94 bits per heavy atom. The van der Waals surface area contributed by atoms with Crippen molar-refractivity contribution in [1.29, 1.82) is 0 Å². The molecule has 0 radical (unpaired) electrons. The second-order valence-electron chi connectivity index (χ2n) is 3.42. The van der Waals surface area contributed by atoms with Crippen LogP contribution in [-0.4, -0.2) is 7.11 Å². The zero-order valence-corrected chi connectivity index (χ0v) is 9.34. The Balaban J connectivity index is 2.55. The number of hydrogen-bond acceptors (Lipinski definition) is 4. The van der Waals surface area contributed by atoms with Crippen molar-refractivity contribution >= 4 is 32.4 Å². The predicted molar refractivity (Wildman–Crippen MR) is 64.4 cm³/mol. The van der Waals surface area contributed by atoms with Gasteiger partial charge in [-0.3, -0.25) is 0 Å². The van der Waals surface area contributed by atoms with E-state index >= 15 is 0 Å². The van der Waals surface area contributed by atoms with E-state index in [1.807, 2.05) is 17.5 Å². The summed E-state index contributed by atoms with van der Waals surface area (Å²) in [4.78, 5) is 11.6. The van der Waals surface area contributed by atoms with E-state index in [2.05, 4.69) is 0 Å². The molecule has 16 heavy (non-hydrogen) atoms. The highest BCUT2D eigenvalue weighted by Gasteiger charge is 2.08. The minimum absolute atomic E-state index is 0.275. The van der Waals surface area contributed by atoms with Gasteiger partial charge in [-0.15, -0.1) is 11.3 Å². The summed E-state index contributed by atoms with van der Waals surface area (Å²) in [5, 5.41) is 3.73. The second-order valence-corrected chi connectivity index (χ2v) is 4.33. The van der Waals surface area contributed by atoms with E-state index in [4.69, 9.17) is 9.15 Å². The van der Waals surface area contributed by atoms with Crippen molar-refractivity contribution in [3.63, 3.8) is 0 Å². The number of benzene rings is 1. The van der Waals surface area contributed by atoms with Crippen LogP contribution in [0.2, 0.25) is 0 Å². The van der Waals surface area contributed by atoms with Crippen LogP contribution in [0.5, 0.6) is 5.75 Å². The molecule has 1 aromatic carbocycles. The third-order valence-electron chi connectivity index (χ3n) is 2.53. The molecule has 0 aliphatic rings. The maximum absolute atomic E-state index is 11.6. The number of ether oxygens (including phenoxy) is 1. The molecule has 0 aliphatic heterocycles. The van der Waals surface area contributed by atoms with Crippen LogP contribution in [0.25, 0.3) is 21.1 Å². The zero-order valence-electron chi connectivity index (χ0n) is 8.52. The van der Waals surface area contributed by atoms with Crippen LogP contribution < -0.4 is 10.4 Å². The van der Waals surface area contributed by atoms with Crippen molar-refractivity contribution in [3.05, 3.63) is 40.1 Å². The van der Waals surface area contributed by atoms with E-state index in [9.17, 15) is 4.79 Å². The van der Waals surface area contributed by atoms with Gasteiger partial charge in [0.05, 0.1) is 7.11 Å². The smallest absolute Gasteiger partial charge is 0.354 e. The Bertz CT molecular complexity index is 724. The van der Waals surface area contributed by atoms with Crippen molar-refractivity contribution in [2.75, 3.05) is 7.11 Å². The summed E-state index contributed by atoms with van der Waals surface area (Å²) in [6.45, 7) is 0. The zero-order chi connectivity index (χ0) is 11.1. The molecule has 0 fully saturated rings.